The van der Waals surface area contributed by atoms with E-state index >= 15 is 0 Å². The summed E-state index contributed by atoms with van der Waals surface area (Å²) in [5.41, 5.74) is 0. The van der Waals surface area contributed by atoms with Crippen LogP contribution in [0.4, 0.5) is 0 Å². The van der Waals surface area contributed by atoms with Gasteiger partial charge in [0.05, 0.1) is 0 Å². The molecule has 1 atom stereocenters. The number of ether oxygens (including phenoxy) is 3. The number of esters is 3. The molecule has 0 fully saturated rings. The molecule has 76 heavy (non-hydrogen) atoms. The van der Waals surface area contributed by atoms with Crippen molar-refractivity contribution in [2.75, 3.05) is 13.2 Å². The van der Waals surface area contributed by atoms with Gasteiger partial charge in [-0.2, -0.15) is 0 Å². The fraction of sp³-hybridized carbons (Fsp3) is 0.929. The minimum absolute atomic E-state index is 0.0638. The topological polar surface area (TPSA) is 78.9 Å². The van der Waals surface area contributed by atoms with E-state index in [1.54, 1.807) is 0 Å². The molecule has 0 saturated carbocycles. The molecule has 0 N–H and O–H groups in total. The van der Waals surface area contributed by atoms with E-state index in [4.69, 9.17) is 14.2 Å². The highest BCUT2D eigenvalue weighted by Gasteiger charge is 2.19. The third-order valence-corrected chi connectivity index (χ3v) is 16.0. The van der Waals surface area contributed by atoms with Gasteiger partial charge in [0, 0.05) is 19.3 Å². The number of carbonyl (C=O) groups is 3. The largest absolute Gasteiger partial charge is 0.462 e. The summed E-state index contributed by atoms with van der Waals surface area (Å²) in [6.07, 6.45) is 78.0. The minimum atomic E-state index is -0.767. The summed E-state index contributed by atoms with van der Waals surface area (Å²) in [5, 5.41) is 0. The smallest absolute Gasteiger partial charge is 0.306 e. The van der Waals surface area contributed by atoms with E-state index in [0.29, 0.717) is 19.3 Å². The Hall–Kier alpha value is -1.85. The molecule has 0 aromatic carbocycles. The predicted octanol–water partition coefficient (Wildman–Crippen LogP) is 23.6. The van der Waals surface area contributed by atoms with Gasteiger partial charge < -0.3 is 14.2 Å². The average Bonchev–Trinajstić information content (AvgIpc) is 3.42. The zero-order valence-electron chi connectivity index (χ0n) is 51.8. The van der Waals surface area contributed by atoms with Gasteiger partial charge in [-0.3, -0.25) is 14.4 Å². The number of allylic oxidation sites excluding steroid dienone is 2. The first-order valence-corrected chi connectivity index (χ1v) is 34.7. The summed E-state index contributed by atoms with van der Waals surface area (Å²) >= 11 is 0. The Morgan fingerprint density at radius 2 is 0.434 bits per heavy atom. The van der Waals surface area contributed by atoms with E-state index in [1.807, 2.05) is 0 Å². The van der Waals surface area contributed by atoms with Gasteiger partial charge in [0.25, 0.3) is 0 Å². The van der Waals surface area contributed by atoms with Gasteiger partial charge in [0.1, 0.15) is 13.2 Å². The summed E-state index contributed by atoms with van der Waals surface area (Å²) in [6.45, 7) is 6.73. The molecule has 0 amide bonds. The fourth-order valence-electron chi connectivity index (χ4n) is 10.8. The van der Waals surface area contributed by atoms with Gasteiger partial charge in [-0.1, -0.05) is 348 Å². The van der Waals surface area contributed by atoms with Crippen LogP contribution in [0, 0.1) is 0 Å². The van der Waals surface area contributed by atoms with Crippen LogP contribution in [0.15, 0.2) is 12.2 Å². The van der Waals surface area contributed by atoms with Crippen molar-refractivity contribution >= 4 is 17.9 Å². The molecule has 6 nitrogen and oxygen atoms in total. The average molecular weight is 1070 g/mol. The fourth-order valence-corrected chi connectivity index (χ4v) is 10.8. The Morgan fingerprint density at radius 1 is 0.250 bits per heavy atom. The Labute approximate surface area is 475 Å². The Balaban J connectivity index is 4.24. The van der Waals surface area contributed by atoms with Crippen LogP contribution in [0.1, 0.15) is 400 Å². The molecule has 0 aliphatic heterocycles. The molecule has 0 rings (SSSR count). The van der Waals surface area contributed by atoms with E-state index in [0.717, 1.165) is 57.8 Å². The zero-order valence-corrected chi connectivity index (χ0v) is 51.8. The normalized spacial score (nSPS) is 12.0. The second-order valence-corrected chi connectivity index (χ2v) is 23.8. The number of hydrogen-bond acceptors (Lipinski definition) is 6. The molecule has 0 aromatic rings. The monoisotopic (exact) mass is 1070 g/mol. The van der Waals surface area contributed by atoms with Crippen molar-refractivity contribution in [3.8, 4) is 0 Å². The highest BCUT2D eigenvalue weighted by molar-refractivity contribution is 5.71. The van der Waals surface area contributed by atoms with Crippen LogP contribution >= 0.6 is 0 Å². The molecule has 0 aliphatic carbocycles. The molecule has 450 valence electrons. The Kier molecular flexibility index (Phi) is 64.1. The Bertz CT molecular complexity index is 1180. The third-order valence-electron chi connectivity index (χ3n) is 16.0. The summed E-state index contributed by atoms with van der Waals surface area (Å²) in [5.74, 6) is -0.831. The van der Waals surface area contributed by atoms with Gasteiger partial charge in [0.2, 0.25) is 0 Å². The van der Waals surface area contributed by atoms with Crippen LogP contribution in [0.2, 0.25) is 0 Å². The number of hydrogen-bond donors (Lipinski definition) is 0. The van der Waals surface area contributed by atoms with Gasteiger partial charge in [-0.05, 0) is 44.9 Å². The molecule has 0 spiro atoms. The highest BCUT2D eigenvalue weighted by Crippen LogP contribution is 2.19. The molecule has 0 aromatic heterocycles. The second kappa shape index (κ2) is 65.7. The van der Waals surface area contributed by atoms with E-state index in [-0.39, 0.29) is 31.1 Å². The van der Waals surface area contributed by atoms with Gasteiger partial charge in [-0.25, -0.2) is 0 Å². The molecular weight excluding hydrogens is 937 g/mol. The lowest BCUT2D eigenvalue weighted by atomic mass is 10.0. The van der Waals surface area contributed by atoms with E-state index in [9.17, 15) is 14.4 Å². The Morgan fingerprint density at radius 3 is 0.658 bits per heavy atom. The van der Waals surface area contributed by atoms with Gasteiger partial charge in [0.15, 0.2) is 6.10 Å². The zero-order chi connectivity index (χ0) is 55.0. The van der Waals surface area contributed by atoms with Crippen molar-refractivity contribution in [2.24, 2.45) is 0 Å². The standard InChI is InChI=1S/C70H134O6/c1-4-7-10-13-16-19-22-25-28-30-32-34-35-37-38-40-42-45-48-51-54-57-60-63-69(72)75-66-67(65-74-68(71)62-59-56-53-50-47-44-27-24-21-18-15-12-9-6-3)76-70(73)64-61-58-55-52-49-46-43-41-39-36-33-31-29-26-23-20-17-14-11-8-5-2/h31,33,67H,4-30,32,34-66H2,1-3H3/b33-31-. The van der Waals surface area contributed by atoms with E-state index < -0.39 is 6.10 Å². The van der Waals surface area contributed by atoms with Crippen molar-refractivity contribution in [1.82, 2.24) is 0 Å². The van der Waals surface area contributed by atoms with Crippen LogP contribution in [0.25, 0.3) is 0 Å². The number of unbranched alkanes of at least 4 members (excludes halogenated alkanes) is 52. The summed E-state index contributed by atoms with van der Waals surface area (Å²) in [4.78, 5) is 38.4. The van der Waals surface area contributed by atoms with Crippen molar-refractivity contribution in [3.05, 3.63) is 12.2 Å². The van der Waals surface area contributed by atoms with Crippen molar-refractivity contribution in [1.29, 1.82) is 0 Å². The minimum Gasteiger partial charge on any atom is -0.462 e. The molecule has 0 aliphatic rings. The second-order valence-electron chi connectivity index (χ2n) is 23.8. The summed E-state index contributed by atoms with van der Waals surface area (Å²) < 4.78 is 17.0. The molecule has 6 heteroatoms. The maximum atomic E-state index is 12.9. The summed E-state index contributed by atoms with van der Waals surface area (Å²) in [6, 6.07) is 0. The first kappa shape index (κ1) is 74.2. The SMILES string of the molecule is CCCCCCCCCC/C=C\CCCCCCCCCCCC(=O)OC(COC(=O)CCCCCCCCCCCCCCCC)COC(=O)CCCCCCCCCCCCCCCCCCCCCCCCC. The number of carbonyl (C=O) groups excluding carboxylic acids is 3. The maximum Gasteiger partial charge on any atom is 0.306 e. The quantitative estimate of drug-likeness (QED) is 0.0261. The molecular formula is C70H134O6. The molecule has 0 saturated heterocycles. The number of rotatable bonds is 65. The molecule has 0 heterocycles. The first-order valence-electron chi connectivity index (χ1n) is 34.7. The van der Waals surface area contributed by atoms with E-state index in [1.165, 1.54) is 302 Å². The maximum absolute atomic E-state index is 12.9. The lowest BCUT2D eigenvalue weighted by Crippen LogP contribution is -2.30. The molecule has 1 unspecified atom stereocenters. The molecule has 0 bridgehead atoms. The van der Waals surface area contributed by atoms with E-state index in [2.05, 4.69) is 32.9 Å². The highest BCUT2D eigenvalue weighted by atomic mass is 16.6. The van der Waals surface area contributed by atoms with Crippen LogP contribution in [0.5, 0.6) is 0 Å². The van der Waals surface area contributed by atoms with Crippen molar-refractivity contribution in [2.45, 2.75) is 406 Å². The lowest BCUT2D eigenvalue weighted by Gasteiger charge is -2.18. The summed E-state index contributed by atoms with van der Waals surface area (Å²) in [7, 11) is 0. The predicted molar refractivity (Wildman–Crippen MR) is 330 cm³/mol. The van der Waals surface area contributed by atoms with Crippen LogP contribution in [-0.2, 0) is 28.6 Å². The van der Waals surface area contributed by atoms with Crippen LogP contribution < -0.4 is 0 Å². The van der Waals surface area contributed by atoms with Gasteiger partial charge in [-0.15, -0.1) is 0 Å². The van der Waals surface area contributed by atoms with Crippen LogP contribution in [-0.4, -0.2) is 37.2 Å². The lowest BCUT2D eigenvalue weighted by molar-refractivity contribution is -0.167. The van der Waals surface area contributed by atoms with Crippen LogP contribution in [0.3, 0.4) is 0 Å². The van der Waals surface area contributed by atoms with Crippen molar-refractivity contribution in [3.63, 3.8) is 0 Å². The van der Waals surface area contributed by atoms with Crippen molar-refractivity contribution < 1.29 is 28.6 Å². The molecule has 0 radical (unpaired) electrons. The van der Waals surface area contributed by atoms with Gasteiger partial charge >= 0.3 is 17.9 Å². The first-order chi connectivity index (χ1) is 37.5. The third kappa shape index (κ3) is 63.0.